The maximum atomic E-state index is 13.0. The van der Waals surface area contributed by atoms with E-state index < -0.39 is 0 Å². The molecule has 0 aromatic carbocycles. The summed E-state index contributed by atoms with van der Waals surface area (Å²) in [6.07, 6.45) is 18.0. The molecule has 5 heteroatoms. The third kappa shape index (κ3) is 11.3. The molecule has 2 aromatic rings. The first-order chi connectivity index (χ1) is 18.0. The molecule has 2 unspecified atom stereocenters. The van der Waals surface area contributed by atoms with Crippen LogP contribution in [0.25, 0.3) is 11.0 Å². The Bertz CT molecular complexity index is 851. The molecule has 0 N–H and O–H groups in total. The van der Waals surface area contributed by atoms with Crippen LogP contribution in [0.15, 0.2) is 10.8 Å². The number of hydrogen-bond donors (Lipinski definition) is 0. The molecule has 0 amide bonds. The highest BCUT2D eigenvalue weighted by Crippen LogP contribution is 2.36. The fraction of sp³-hybridized carbons (Fsp3) is 0.750. The van der Waals surface area contributed by atoms with E-state index in [2.05, 4.69) is 38.5 Å². The summed E-state index contributed by atoms with van der Waals surface area (Å²) >= 11 is 1.62. The number of fused-ring (bicyclic) bond motifs is 1. The van der Waals surface area contributed by atoms with Crippen molar-refractivity contribution in [3.63, 3.8) is 0 Å². The van der Waals surface area contributed by atoms with Gasteiger partial charge in [0, 0.05) is 48.3 Å². The van der Waals surface area contributed by atoms with E-state index in [1.165, 1.54) is 38.5 Å². The molecule has 0 fully saturated rings. The van der Waals surface area contributed by atoms with Crippen LogP contribution < -0.4 is 0 Å². The maximum Gasteiger partial charge on any atom is 0.133 e. The van der Waals surface area contributed by atoms with Crippen LogP contribution in [0.3, 0.4) is 0 Å². The monoisotopic (exact) mass is 528 g/mol. The first kappa shape index (κ1) is 31.6. The summed E-state index contributed by atoms with van der Waals surface area (Å²) < 4.78 is 0. The highest BCUT2D eigenvalue weighted by Gasteiger charge is 2.27. The fourth-order valence-corrected chi connectivity index (χ4v) is 6.07. The van der Waals surface area contributed by atoms with Crippen molar-refractivity contribution in [1.82, 2.24) is 9.97 Å². The van der Waals surface area contributed by atoms with Gasteiger partial charge in [0.1, 0.15) is 11.6 Å². The normalized spacial score (nSPS) is 13.2. The Labute approximate surface area is 230 Å². The van der Waals surface area contributed by atoms with E-state index >= 15 is 0 Å². The van der Waals surface area contributed by atoms with Gasteiger partial charge in [-0.15, -0.1) is 11.3 Å². The van der Waals surface area contributed by atoms with Crippen LogP contribution in [0.4, 0.5) is 0 Å². The van der Waals surface area contributed by atoms with Crippen LogP contribution in [-0.4, -0.2) is 21.5 Å². The molecule has 4 nitrogen and oxygen atoms in total. The summed E-state index contributed by atoms with van der Waals surface area (Å²) in [4.78, 5) is 36.3. The summed E-state index contributed by atoms with van der Waals surface area (Å²) in [7, 11) is 0. The van der Waals surface area contributed by atoms with Crippen molar-refractivity contribution < 1.29 is 9.59 Å². The van der Waals surface area contributed by atoms with Gasteiger partial charge in [0.15, 0.2) is 0 Å². The van der Waals surface area contributed by atoms with Crippen LogP contribution in [0.5, 0.6) is 0 Å². The van der Waals surface area contributed by atoms with E-state index in [-0.39, 0.29) is 11.8 Å². The van der Waals surface area contributed by atoms with Gasteiger partial charge < -0.3 is 0 Å². The third-order valence-corrected chi connectivity index (χ3v) is 8.20. The van der Waals surface area contributed by atoms with Gasteiger partial charge in [-0.3, -0.25) is 9.59 Å². The Morgan fingerprint density at radius 2 is 1.03 bits per heavy atom. The molecule has 0 aliphatic rings. The Morgan fingerprint density at radius 3 is 1.41 bits per heavy atom. The number of ketones is 2. The summed E-state index contributed by atoms with van der Waals surface area (Å²) in [5, 5.41) is 4.12. The lowest BCUT2D eigenvalue weighted by Gasteiger charge is -2.23. The maximum absolute atomic E-state index is 13.0. The molecule has 0 bridgehead atoms. The number of carbonyl (C=O) groups is 2. The average molecular weight is 529 g/mol. The molecule has 2 aromatic heterocycles. The van der Waals surface area contributed by atoms with Crippen molar-refractivity contribution in [1.29, 1.82) is 0 Å². The zero-order chi connectivity index (χ0) is 26.9. The van der Waals surface area contributed by atoms with Crippen molar-refractivity contribution in [2.24, 2.45) is 0 Å². The van der Waals surface area contributed by atoms with E-state index in [1.54, 1.807) is 11.3 Å². The smallest absolute Gasteiger partial charge is 0.133 e. The van der Waals surface area contributed by atoms with E-state index in [9.17, 15) is 9.59 Å². The number of Topliss-reactive ketones (excluding diaryl/α,β-unsaturated/α-hetero) is 2. The number of carbonyl (C=O) groups excluding carboxylic acids is 2. The van der Waals surface area contributed by atoms with Gasteiger partial charge in [-0.2, -0.15) is 0 Å². The Balaban J connectivity index is 2.22. The Morgan fingerprint density at radius 1 is 0.622 bits per heavy atom. The van der Waals surface area contributed by atoms with Crippen LogP contribution in [0.1, 0.15) is 166 Å². The standard InChI is InChI=1S/C32H52N2O2S/c1-5-9-11-13-15-19-27(35)21-25(17-7-3)31-32(34-30-24-37-23-29(30)33-31)26(18-8-4)22-28(36)20-16-14-12-10-6-2/h23-26H,5-22H2,1-4H3. The third-order valence-electron chi connectivity index (χ3n) is 7.48. The van der Waals surface area contributed by atoms with Gasteiger partial charge in [0.2, 0.25) is 0 Å². The Hall–Kier alpha value is -1.62. The zero-order valence-electron chi connectivity index (χ0n) is 24.2. The SMILES string of the molecule is CCCCCCCC(=O)CC(CCC)c1nc2cscc2nc1C(CCC)CC(=O)CCCCCCC. The van der Waals surface area contributed by atoms with Crippen molar-refractivity contribution in [3.05, 3.63) is 22.1 Å². The Kier molecular flexibility index (Phi) is 15.9. The minimum absolute atomic E-state index is 0.0865. The predicted octanol–water partition coefficient (Wildman–Crippen LogP) is 10.1. The van der Waals surface area contributed by atoms with Crippen LogP contribution in [-0.2, 0) is 9.59 Å². The summed E-state index contributed by atoms with van der Waals surface area (Å²) in [5.74, 6) is 0.874. The van der Waals surface area contributed by atoms with Gasteiger partial charge in [0.05, 0.1) is 22.4 Å². The number of nitrogens with zero attached hydrogens (tertiary/aromatic N) is 2. The number of unbranched alkanes of at least 4 members (excludes halogenated alkanes) is 8. The quantitative estimate of drug-likeness (QED) is 0.143. The fourth-order valence-electron chi connectivity index (χ4n) is 5.40. The van der Waals surface area contributed by atoms with E-state index in [4.69, 9.17) is 9.97 Å². The van der Waals surface area contributed by atoms with Crippen molar-refractivity contribution in [2.45, 2.75) is 155 Å². The minimum atomic E-state index is 0.0865. The van der Waals surface area contributed by atoms with Crippen molar-refractivity contribution >= 4 is 33.9 Å². The van der Waals surface area contributed by atoms with Gasteiger partial charge in [-0.25, -0.2) is 9.97 Å². The van der Waals surface area contributed by atoms with Gasteiger partial charge in [-0.05, 0) is 25.7 Å². The molecule has 2 atom stereocenters. The molecule has 0 saturated carbocycles. The molecule has 2 rings (SSSR count). The van der Waals surface area contributed by atoms with E-state index in [0.29, 0.717) is 37.2 Å². The van der Waals surface area contributed by atoms with Crippen molar-refractivity contribution in [3.8, 4) is 0 Å². The second-order valence-electron chi connectivity index (χ2n) is 10.9. The number of aromatic nitrogens is 2. The molecule has 0 spiro atoms. The molecule has 0 aliphatic heterocycles. The summed E-state index contributed by atoms with van der Waals surface area (Å²) in [6.45, 7) is 8.81. The van der Waals surface area contributed by atoms with Gasteiger partial charge >= 0.3 is 0 Å². The number of thiophene rings is 1. The molecule has 0 radical (unpaired) electrons. The largest absolute Gasteiger partial charge is 0.300 e. The molecular weight excluding hydrogens is 476 g/mol. The van der Waals surface area contributed by atoms with Crippen LogP contribution >= 0.6 is 11.3 Å². The molecule has 0 saturated heterocycles. The highest BCUT2D eigenvalue weighted by atomic mass is 32.1. The first-order valence-corrected chi connectivity index (χ1v) is 16.2. The highest BCUT2D eigenvalue weighted by molar-refractivity contribution is 7.09. The lowest BCUT2D eigenvalue weighted by molar-refractivity contribution is -0.120. The topological polar surface area (TPSA) is 59.9 Å². The van der Waals surface area contributed by atoms with Gasteiger partial charge in [0.25, 0.3) is 0 Å². The molecule has 208 valence electrons. The second kappa shape index (κ2) is 18.6. The van der Waals surface area contributed by atoms with E-state index in [0.717, 1.165) is 73.8 Å². The molecule has 0 aliphatic carbocycles. The minimum Gasteiger partial charge on any atom is -0.300 e. The van der Waals surface area contributed by atoms with Gasteiger partial charge in [-0.1, -0.05) is 91.9 Å². The second-order valence-corrected chi connectivity index (χ2v) is 11.7. The summed E-state index contributed by atoms with van der Waals surface area (Å²) in [5.41, 5.74) is 3.83. The first-order valence-electron chi connectivity index (χ1n) is 15.3. The lowest BCUT2D eigenvalue weighted by atomic mass is 9.84. The van der Waals surface area contributed by atoms with Crippen LogP contribution in [0, 0.1) is 0 Å². The lowest BCUT2D eigenvalue weighted by Crippen LogP contribution is -2.17. The number of hydrogen-bond acceptors (Lipinski definition) is 5. The van der Waals surface area contributed by atoms with Crippen molar-refractivity contribution in [2.75, 3.05) is 0 Å². The average Bonchev–Trinajstić information content (AvgIpc) is 3.35. The zero-order valence-corrected chi connectivity index (χ0v) is 25.0. The molecular formula is C32H52N2O2S. The molecule has 2 heterocycles. The van der Waals surface area contributed by atoms with E-state index in [1.807, 2.05) is 0 Å². The molecule has 37 heavy (non-hydrogen) atoms. The summed E-state index contributed by atoms with van der Waals surface area (Å²) in [6, 6.07) is 0. The predicted molar refractivity (Wildman–Crippen MR) is 159 cm³/mol. The van der Waals surface area contributed by atoms with Crippen LogP contribution in [0.2, 0.25) is 0 Å². The number of rotatable bonds is 22.